The van der Waals surface area contributed by atoms with Crippen LogP contribution in [-0.4, -0.2) is 32.2 Å². The van der Waals surface area contributed by atoms with Gasteiger partial charge in [0.2, 0.25) is 0 Å². The Balaban J connectivity index is 1.62. The summed E-state index contributed by atoms with van der Waals surface area (Å²) in [6, 6.07) is 0.149. The summed E-state index contributed by atoms with van der Waals surface area (Å²) in [4.78, 5) is 4.76. The molecule has 1 aliphatic carbocycles. The molecule has 1 fully saturated rings. The number of hydrogen-bond donors (Lipinski definition) is 1. The Bertz CT molecular complexity index is 475. The summed E-state index contributed by atoms with van der Waals surface area (Å²) in [5, 5.41) is 12.6. The Morgan fingerprint density at radius 2 is 2.21 bits per heavy atom. The Labute approximate surface area is 118 Å². The van der Waals surface area contributed by atoms with Crippen molar-refractivity contribution in [3.05, 3.63) is 12.2 Å². The molecule has 0 radical (unpaired) electrons. The van der Waals surface area contributed by atoms with Gasteiger partial charge in [-0.1, -0.05) is 24.6 Å². The van der Waals surface area contributed by atoms with E-state index in [-0.39, 0.29) is 6.04 Å². The van der Waals surface area contributed by atoms with E-state index in [0.29, 0.717) is 5.41 Å². The molecule has 0 bridgehead atoms. The highest BCUT2D eigenvalue weighted by Gasteiger charge is 2.36. The van der Waals surface area contributed by atoms with Gasteiger partial charge in [-0.05, 0) is 25.2 Å². The number of aryl methyl sites for hydroxylation is 1. The quantitative estimate of drug-likeness (QED) is 0.901. The number of aromatic nitrogens is 3. The van der Waals surface area contributed by atoms with E-state index < -0.39 is 0 Å². The first kappa shape index (κ1) is 13.0. The van der Waals surface area contributed by atoms with E-state index in [9.17, 15) is 0 Å². The molecular weight excluding hydrogens is 258 g/mol. The summed E-state index contributed by atoms with van der Waals surface area (Å²) in [6.45, 7) is 3.10. The van der Waals surface area contributed by atoms with Crippen molar-refractivity contribution in [2.75, 3.05) is 12.3 Å². The summed E-state index contributed by atoms with van der Waals surface area (Å²) in [7, 11) is 1.97. The first-order valence-corrected chi connectivity index (χ1v) is 7.95. The second-order valence-electron chi connectivity index (χ2n) is 5.78. The molecule has 3 rings (SSSR count). The zero-order valence-corrected chi connectivity index (χ0v) is 12.4. The first-order chi connectivity index (χ1) is 9.19. The van der Waals surface area contributed by atoms with Crippen molar-refractivity contribution >= 4 is 16.9 Å². The summed E-state index contributed by atoms with van der Waals surface area (Å²) in [5.74, 6) is 2.16. The molecule has 1 N–H and O–H groups in total. The molecule has 1 atom stereocenters. The number of amidine groups is 1. The van der Waals surface area contributed by atoms with Gasteiger partial charge in [-0.3, -0.25) is 4.99 Å². The molecule has 1 spiro atoms. The molecule has 2 aliphatic rings. The minimum Gasteiger partial charge on any atom is -0.355 e. The lowest BCUT2D eigenvalue weighted by Crippen LogP contribution is -2.35. The molecule has 1 saturated carbocycles. The Morgan fingerprint density at radius 1 is 1.42 bits per heavy atom. The summed E-state index contributed by atoms with van der Waals surface area (Å²) in [5.41, 5.74) is 0.504. The van der Waals surface area contributed by atoms with Crippen molar-refractivity contribution in [2.45, 2.75) is 38.6 Å². The van der Waals surface area contributed by atoms with Crippen LogP contribution in [0.4, 0.5) is 0 Å². The molecule has 104 valence electrons. The monoisotopic (exact) mass is 279 g/mol. The Morgan fingerprint density at radius 3 is 2.79 bits per heavy atom. The third kappa shape index (κ3) is 2.63. The maximum absolute atomic E-state index is 4.76. The number of rotatable bonds is 2. The molecule has 1 aromatic rings. The average Bonchev–Trinajstić information content (AvgIpc) is 3.02. The number of aliphatic imine (C=N–C) groups is 1. The van der Waals surface area contributed by atoms with Gasteiger partial charge in [0.1, 0.15) is 6.33 Å². The molecule has 6 heteroatoms. The van der Waals surface area contributed by atoms with E-state index in [4.69, 9.17) is 4.99 Å². The highest BCUT2D eigenvalue weighted by molar-refractivity contribution is 8.13. The topological polar surface area (TPSA) is 55.1 Å². The predicted octanol–water partition coefficient (Wildman–Crippen LogP) is 2.13. The van der Waals surface area contributed by atoms with E-state index >= 15 is 0 Å². The number of hydrogen-bond acceptors (Lipinski definition) is 5. The number of nitrogens with one attached hydrogen (secondary N) is 1. The van der Waals surface area contributed by atoms with E-state index in [0.717, 1.165) is 17.5 Å². The largest absolute Gasteiger partial charge is 0.355 e. The van der Waals surface area contributed by atoms with Crippen molar-refractivity contribution < 1.29 is 0 Å². The lowest BCUT2D eigenvalue weighted by molar-refractivity contribution is 0.358. The van der Waals surface area contributed by atoms with Crippen LogP contribution in [-0.2, 0) is 7.05 Å². The maximum Gasteiger partial charge on any atom is 0.157 e. The van der Waals surface area contributed by atoms with Gasteiger partial charge < -0.3 is 9.88 Å². The number of thioether (sulfide) groups is 1. The van der Waals surface area contributed by atoms with Gasteiger partial charge in [-0.2, -0.15) is 0 Å². The van der Waals surface area contributed by atoms with Crippen LogP contribution in [0.3, 0.4) is 0 Å². The minimum absolute atomic E-state index is 0.149. The first-order valence-electron chi connectivity index (χ1n) is 6.96. The molecule has 1 aromatic heterocycles. The van der Waals surface area contributed by atoms with Crippen LogP contribution in [0.2, 0.25) is 0 Å². The molecule has 1 unspecified atom stereocenters. The molecule has 2 heterocycles. The third-order valence-corrected chi connectivity index (χ3v) is 5.49. The van der Waals surface area contributed by atoms with E-state index in [1.807, 2.05) is 23.4 Å². The third-order valence-electron chi connectivity index (χ3n) is 4.21. The van der Waals surface area contributed by atoms with Gasteiger partial charge in [-0.15, -0.1) is 10.2 Å². The van der Waals surface area contributed by atoms with Crippen molar-refractivity contribution in [2.24, 2.45) is 17.5 Å². The fourth-order valence-electron chi connectivity index (χ4n) is 3.00. The second kappa shape index (κ2) is 5.15. The molecule has 0 aromatic carbocycles. The van der Waals surface area contributed by atoms with E-state index in [1.54, 1.807) is 6.33 Å². The molecule has 0 saturated heterocycles. The fraction of sp³-hybridized carbons (Fsp3) is 0.769. The van der Waals surface area contributed by atoms with Crippen LogP contribution in [0, 0.1) is 5.41 Å². The van der Waals surface area contributed by atoms with Crippen LogP contribution in [0.15, 0.2) is 11.3 Å². The van der Waals surface area contributed by atoms with Crippen molar-refractivity contribution in [1.82, 2.24) is 20.1 Å². The van der Waals surface area contributed by atoms with Gasteiger partial charge in [0, 0.05) is 19.3 Å². The Kier molecular flexibility index (Phi) is 3.52. The zero-order chi connectivity index (χ0) is 13.3. The van der Waals surface area contributed by atoms with Crippen LogP contribution in [0.25, 0.3) is 0 Å². The number of nitrogens with zero attached hydrogens (tertiary/aromatic N) is 4. The van der Waals surface area contributed by atoms with Gasteiger partial charge >= 0.3 is 0 Å². The smallest absolute Gasteiger partial charge is 0.157 e. The molecular formula is C13H21N5S. The summed E-state index contributed by atoms with van der Waals surface area (Å²) < 4.78 is 1.95. The standard InChI is InChI=1S/C13H21N5S/c1-10(11-17-15-9-18(11)2)16-12-14-7-13(8-19-12)5-3-4-6-13/h9-10H,3-8H2,1-2H3,(H,14,16). The minimum atomic E-state index is 0.149. The van der Waals surface area contributed by atoms with Gasteiger partial charge in [0.15, 0.2) is 11.0 Å². The fourth-order valence-corrected chi connectivity index (χ4v) is 4.24. The van der Waals surface area contributed by atoms with E-state index in [2.05, 4.69) is 22.4 Å². The Hall–Kier alpha value is -1.04. The summed E-state index contributed by atoms with van der Waals surface area (Å²) in [6.07, 6.45) is 7.21. The van der Waals surface area contributed by atoms with Crippen molar-refractivity contribution in [3.8, 4) is 0 Å². The zero-order valence-electron chi connectivity index (χ0n) is 11.6. The molecule has 1 aliphatic heterocycles. The maximum atomic E-state index is 4.76. The normalized spacial score (nSPS) is 23.4. The molecule has 19 heavy (non-hydrogen) atoms. The highest BCUT2D eigenvalue weighted by Crippen LogP contribution is 2.43. The SMILES string of the molecule is CC(NC1=NCC2(CCCC2)CS1)c1nncn1C. The second-order valence-corrected chi connectivity index (χ2v) is 6.75. The van der Waals surface area contributed by atoms with Gasteiger partial charge in [0.05, 0.1) is 6.04 Å². The van der Waals surface area contributed by atoms with Gasteiger partial charge in [-0.25, -0.2) is 0 Å². The average molecular weight is 279 g/mol. The predicted molar refractivity (Wildman–Crippen MR) is 78.2 cm³/mol. The molecule has 5 nitrogen and oxygen atoms in total. The van der Waals surface area contributed by atoms with Crippen molar-refractivity contribution in [1.29, 1.82) is 0 Å². The van der Waals surface area contributed by atoms with Crippen molar-refractivity contribution in [3.63, 3.8) is 0 Å². The van der Waals surface area contributed by atoms with Crippen LogP contribution < -0.4 is 5.32 Å². The van der Waals surface area contributed by atoms with Crippen LogP contribution in [0.1, 0.15) is 44.5 Å². The lowest BCUT2D eigenvalue weighted by atomic mass is 9.89. The van der Waals surface area contributed by atoms with Gasteiger partial charge in [0.25, 0.3) is 0 Å². The van der Waals surface area contributed by atoms with E-state index in [1.165, 1.54) is 31.4 Å². The summed E-state index contributed by atoms with van der Waals surface area (Å²) >= 11 is 1.87. The van der Waals surface area contributed by atoms with Crippen LogP contribution >= 0.6 is 11.8 Å². The van der Waals surface area contributed by atoms with Crippen LogP contribution in [0.5, 0.6) is 0 Å². The lowest BCUT2D eigenvalue weighted by Gasteiger charge is -2.31. The highest BCUT2D eigenvalue weighted by atomic mass is 32.2. The molecule has 0 amide bonds.